The van der Waals surface area contributed by atoms with E-state index in [9.17, 15) is 9.59 Å². The van der Waals surface area contributed by atoms with Crippen LogP contribution in [0.2, 0.25) is 0 Å². The van der Waals surface area contributed by atoms with Crippen molar-refractivity contribution in [2.24, 2.45) is 0 Å². The van der Waals surface area contributed by atoms with E-state index < -0.39 is 17.7 Å². The first-order valence-electron chi connectivity index (χ1n) is 9.14. The number of hydrogen-bond acceptors (Lipinski definition) is 5. The lowest BCUT2D eigenvalue weighted by molar-refractivity contribution is -0.125. The van der Waals surface area contributed by atoms with Crippen LogP contribution in [0.4, 0.5) is 9.93 Å². The molecule has 2 amide bonds. The third-order valence-electron chi connectivity index (χ3n) is 4.25. The van der Waals surface area contributed by atoms with Crippen LogP contribution >= 0.6 is 11.3 Å². The first-order valence-corrected chi connectivity index (χ1v) is 9.95. The molecule has 0 radical (unpaired) electrons. The van der Waals surface area contributed by atoms with Gasteiger partial charge in [-0.2, -0.15) is 0 Å². The maximum atomic E-state index is 12.6. The van der Waals surface area contributed by atoms with E-state index in [0.717, 1.165) is 22.6 Å². The molecule has 1 aliphatic rings. The summed E-state index contributed by atoms with van der Waals surface area (Å²) in [5.74, 6) is -0.219. The summed E-state index contributed by atoms with van der Waals surface area (Å²) in [5, 5.41) is 3.44. The van der Waals surface area contributed by atoms with Crippen molar-refractivity contribution in [2.75, 3.05) is 11.9 Å². The second-order valence-electron chi connectivity index (χ2n) is 7.48. The lowest BCUT2D eigenvalue weighted by atomic mass is 10.0. The summed E-state index contributed by atoms with van der Waals surface area (Å²) >= 11 is 1.48. The highest BCUT2D eigenvalue weighted by Crippen LogP contribution is 2.32. The number of benzene rings is 1. The van der Waals surface area contributed by atoms with Gasteiger partial charge in [0.15, 0.2) is 5.13 Å². The minimum absolute atomic E-state index is 0.219. The fourth-order valence-corrected chi connectivity index (χ4v) is 3.78. The molecule has 1 aromatic carbocycles. The number of carbonyl (C=O) groups excluding carboxylic acids is 2. The Labute approximate surface area is 163 Å². The molecule has 1 fully saturated rings. The van der Waals surface area contributed by atoms with Gasteiger partial charge in [0.2, 0.25) is 5.91 Å². The van der Waals surface area contributed by atoms with Crippen molar-refractivity contribution < 1.29 is 14.3 Å². The van der Waals surface area contributed by atoms with Crippen molar-refractivity contribution in [1.82, 2.24) is 9.88 Å². The molecule has 3 rings (SSSR count). The zero-order chi connectivity index (χ0) is 19.6. The van der Waals surface area contributed by atoms with Crippen LogP contribution in [-0.4, -0.2) is 40.1 Å². The summed E-state index contributed by atoms with van der Waals surface area (Å²) in [5.41, 5.74) is 1.35. The Bertz CT molecular complexity index is 827. The van der Waals surface area contributed by atoms with Crippen molar-refractivity contribution >= 4 is 28.5 Å². The molecule has 1 aliphatic heterocycles. The number of ether oxygens (including phenoxy) is 1. The molecular weight excluding hydrogens is 362 g/mol. The largest absolute Gasteiger partial charge is 0.444 e. The van der Waals surface area contributed by atoms with Crippen LogP contribution in [0, 0.1) is 0 Å². The predicted octanol–water partition coefficient (Wildman–Crippen LogP) is 4.32. The Hall–Kier alpha value is -2.41. The summed E-state index contributed by atoms with van der Waals surface area (Å²) < 4.78 is 5.36. The van der Waals surface area contributed by atoms with Crippen LogP contribution in [0.5, 0.6) is 0 Å². The minimum atomic E-state index is -0.580. The van der Waals surface area contributed by atoms with Gasteiger partial charge in [0.05, 0.1) is 5.69 Å². The van der Waals surface area contributed by atoms with Crippen LogP contribution in [0.3, 0.4) is 0 Å². The molecule has 144 valence electrons. The molecular formula is C20H25N3O3S. The van der Waals surface area contributed by atoms with E-state index in [2.05, 4.69) is 17.2 Å². The number of likely N-dealkylation sites (tertiary alicyclic amines) is 1. The number of nitrogens with one attached hydrogen (secondary N) is 1. The van der Waals surface area contributed by atoms with Crippen molar-refractivity contribution in [1.29, 1.82) is 0 Å². The second kappa shape index (κ2) is 7.68. The highest BCUT2D eigenvalue weighted by molar-refractivity contribution is 7.16. The molecule has 0 aliphatic carbocycles. The van der Waals surface area contributed by atoms with Gasteiger partial charge in [0, 0.05) is 17.0 Å². The third-order valence-corrected chi connectivity index (χ3v) is 5.36. The molecule has 0 bridgehead atoms. The van der Waals surface area contributed by atoms with Gasteiger partial charge in [-0.05, 0) is 33.6 Å². The van der Waals surface area contributed by atoms with Crippen molar-refractivity contribution in [3.63, 3.8) is 0 Å². The van der Waals surface area contributed by atoms with E-state index in [0.29, 0.717) is 18.1 Å². The Morgan fingerprint density at radius 2 is 2.00 bits per heavy atom. The number of anilines is 1. The zero-order valence-electron chi connectivity index (χ0n) is 16.1. The Morgan fingerprint density at radius 1 is 1.30 bits per heavy atom. The molecule has 1 saturated heterocycles. The summed E-state index contributed by atoms with van der Waals surface area (Å²) in [7, 11) is 0. The van der Waals surface area contributed by atoms with Gasteiger partial charge >= 0.3 is 6.09 Å². The molecule has 27 heavy (non-hydrogen) atoms. The van der Waals surface area contributed by atoms with Crippen LogP contribution < -0.4 is 5.32 Å². The third kappa shape index (κ3) is 4.47. The van der Waals surface area contributed by atoms with E-state index >= 15 is 0 Å². The van der Waals surface area contributed by atoms with Gasteiger partial charge in [0.25, 0.3) is 0 Å². The summed E-state index contributed by atoms with van der Waals surface area (Å²) in [6.07, 6.45) is 1.01. The van der Waals surface area contributed by atoms with Gasteiger partial charge in [0.1, 0.15) is 11.6 Å². The van der Waals surface area contributed by atoms with E-state index in [1.807, 2.05) is 51.1 Å². The molecule has 7 heteroatoms. The van der Waals surface area contributed by atoms with Gasteiger partial charge in [-0.15, -0.1) is 11.3 Å². The second-order valence-corrected chi connectivity index (χ2v) is 8.56. The maximum absolute atomic E-state index is 12.6. The van der Waals surface area contributed by atoms with Gasteiger partial charge in [-0.3, -0.25) is 9.69 Å². The highest BCUT2D eigenvalue weighted by Gasteiger charge is 2.40. The van der Waals surface area contributed by atoms with E-state index in [1.54, 1.807) is 0 Å². The molecule has 6 nitrogen and oxygen atoms in total. The lowest BCUT2D eigenvalue weighted by Gasteiger charge is -2.39. The van der Waals surface area contributed by atoms with Crippen LogP contribution in [0.15, 0.2) is 30.3 Å². The zero-order valence-corrected chi connectivity index (χ0v) is 16.9. The molecule has 1 aromatic heterocycles. The lowest BCUT2D eigenvalue weighted by Crippen LogP contribution is -2.57. The van der Waals surface area contributed by atoms with E-state index in [4.69, 9.17) is 4.74 Å². The average Bonchev–Trinajstić information content (AvgIpc) is 2.95. The molecule has 1 N–H and O–H groups in total. The van der Waals surface area contributed by atoms with Gasteiger partial charge in [-0.25, -0.2) is 9.78 Å². The molecule has 2 heterocycles. The molecule has 1 atom stereocenters. The monoisotopic (exact) mass is 387 g/mol. The number of rotatable bonds is 4. The standard InChI is InChI=1S/C20H25N3O3S/c1-5-15-16(13-9-7-6-8-10-13)21-18(27-15)22-17(24)14-11-12-23(14)19(25)26-20(2,3)4/h6-10,14H,5,11-12H2,1-4H3,(H,21,22,24). The first-order chi connectivity index (χ1) is 12.8. The number of aryl methyl sites for hydroxylation is 1. The van der Waals surface area contributed by atoms with E-state index in [-0.39, 0.29) is 5.91 Å². The molecule has 0 saturated carbocycles. The highest BCUT2D eigenvalue weighted by atomic mass is 32.1. The summed E-state index contributed by atoms with van der Waals surface area (Å²) in [4.78, 5) is 32.0. The number of nitrogens with zero attached hydrogens (tertiary/aromatic N) is 2. The smallest absolute Gasteiger partial charge is 0.410 e. The topological polar surface area (TPSA) is 71.5 Å². The quantitative estimate of drug-likeness (QED) is 0.848. The summed E-state index contributed by atoms with van der Waals surface area (Å²) in [6.45, 7) is 8.04. The van der Waals surface area contributed by atoms with Crippen LogP contribution in [-0.2, 0) is 16.0 Å². The minimum Gasteiger partial charge on any atom is -0.444 e. The molecule has 2 aromatic rings. The van der Waals surface area contributed by atoms with Crippen molar-refractivity contribution in [2.45, 2.75) is 52.2 Å². The Morgan fingerprint density at radius 3 is 2.56 bits per heavy atom. The van der Waals surface area contributed by atoms with Gasteiger partial charge < -0.3 is 10.1 Å². The van der Waals surface area contributed by atoms with Crippen LogP contribution in [0.1, 0.15) is 39.0 Å². The Kier molecular flexibility index (Phi) is 5.51. The first kappa shape index (κ1) is 19.4. The fraction of sp³-hybridized carbons (Fsp3) is 0.450. The number of hydrogen-bond donors (Lipinski definition) is 1. The molecule has 1 unspecified atom stereocenters. The number of amides is 2. The SMILES string of the molecule is CCc1sc(NC(=O)C2CCN2C(=O)OC(C)(C)C)nc1-c1ccccc1. The van der Waals surface area contributed by atoms with Crippen molar-refractivity contribution in [3.8, 4) is 11.3 Å². The Balaban J connectivity index is 1.70. The number of aromatic nitrogens is 1. The average molecular weight is 388 g/mol. The predicted molar refractivity (Wildman–Crippen MR) is 107 cm³/mol. The van der Waals surface area contributed by atoms with Crippen LogP contribution in [0.25, 0.3) is 11.3 Å². The number of carbonyl (C=O) groups is 2. The van der Waals surface area contributed by atoms with Crippen molar-refractivity contribution in [3.05, 3.63) is 35.2 Å². The normalized spacial score (nSPS) is 16.6. The molecule has 0 spiro atoms. The fourth-order valence-electron chi connectivity index (χ4n) is 2.85. The van der Waals surface area contributed by atoms with E-state index in [1.165, 1.54) is 16.2 Å². The number of thiazole rings is 1. The maximum Gasteiger partial charge on any atom is 0.410 e. The van der Waals surface area contributed by atoms with Gasteiger partial charge in [-0.1, -0.05) is 37.3 Å². The summed E-state index contributed by atoms with van der Waals surface area (Å²) in [6, 6.07) is 9.42.